The van der Waals surface area contributed by atoms with Crippen LogP contribution < -0.4 is 0 Å². The van der Waals surface area contributed by atoms with Gasteiger partial charge in [0.2, 0.25) is 0 Å². The average Bonchev–Trinajstić information content (AvgIpc) is 2.85. The van der Waals surface area contributed by atoms with Gasteiger partial charge in [0.05, 0.1) is 12.2 Å². The van der Waals surface area contributed by atoms with E-state index in [4.69, 9.17) is 4.74 Å². The fourth-order valence-corrected chi connectivity index (χ4v) is 3.39. The molecule has 1 aliphatic rings. The molecule has 0 aromatic heterocycles. The second-order valence-electron chi connectivity index (χ2n) is 5.52. The van der Waals surface area contributed by atoms with Crippen LogP contribution in [0.1, 0.15) is 32.3 Å². The Morgan fingerprint density at radius 2 is 1.83 bits per heavy atom. The number of hydrogen-bond donors (Lipinski definition) is 0. The number of allylic oxidation sites excluding steroid dienone is 1. The highest BCUT2D eigenvalue weighted by atomic mass is 32.2. The van der Waals surface area contributed by atoms with Gasteiger partial charge in [-0.15, -0.1) is 11.8 Å². The summed E-state index contributed by atoms with van der Waals surface area (Å²) in [6.07, 6.45) is -0.973. The van der Waals surface area contributed by atoms with E-state index in [2.05, 4.69) is 6.92 Å². The van der Waals surface area contributed by atoms with Crippen LogP contribution in [0.5, 0.6) is 0 Å². The van der Waals surface area contributed by atoms with Crippen molar-refractivity contribution in [2.24, 2.45) is 5.92 Å². The van der Waals surface area contributed by atoms with E-state index in [0.717, 1.165) is 16.2 Å². The zero-order valence-electron chi connectivity index (χ0n) is 13.4. The average molecular weight is 340 g/mol. The molecule has 5 heteroatoms. The molecule has 0 aliphatic heterocycles. The quantitative estimate of drug-likeness (QED) is 0.421. The first-order valence-electron chi connectivity index (χ1n) is 7.95. The van der Waals surface area contributed by atoms with Crippen molar-refractivity contribution in [1.82, 2.24) is 0 Å². The van der Waals surface area contributed by atoms with Gasteiger partial charge in [0.25, 0.3) is 0 Å². The lowest BCUT2D eigenvalue weighted by atomic mass is 9.98. The molecule has 23 heavy (non-hydrogen) atoms. The topological polar surface area (TPSA) is 26.3 Å². The summed E-state index contributed by atoms with van der Waals surface area (Å²) >= 11 is 1.71. The van der Waals surface area contributed by atoms with Gasteiger partial charge in [0, 0.05) is 4.90 Å². The summed E-state index contributed by atoms with van der Waals surface area (Å²) in [7, 11) is 0. The van der Waals surface area contributed by atoms with Crippen LogP contribution in [0.25, 0.3) is 5.57 Å². The molecule has 0 N–H and O–H groups in total. The first-order chi connectivity index (χ1) is 11.0. The van der Waals surface area contributed by atoms with Crippen molar-refractivity contribution in [3.05, 3.63) is 35.9 Å². The molecule has 2 atom stereocenters. The van der Waals surface area contributed by atoms with Gasteiger partial charge in [0.15, 0.2) is 0 Å². The second-order valence-corrected chi connectivity index (χ2v) is 6.86. The summed E-state index contributed by atoms with van der Waals surface area (Å²) in [5, 5.41) is 0. The Kier molecular flexibility index (Phi) is 6.63. The van der Waals surface area contributed by atoms with Crippen molar-refractivity contribution in [1.29, 1.82) is 0 Å². The Morgan fingerprint density at radius 1 is 1.22 bits per heavy atom. The third-order valence-electron chi connectivity index (χ3n) is 3.82. The van der Waals surface area contributed by atoms with E-state index >= 15 is 0 Å². The predicted molar refractivity (Wildman–Crippen MR) is 90.0 cm³/mol. The Balaban J connectivity index is 2.25. The molecule has 1 aliphatic carbocycles. The van der Waals surface area contributed by atoms with Gasteiger partial charge in [-0.25, -0.2) is 13.6 Å². The molecule has 1 fully saturated rings. The van der Waals surface area contributed by atoms with Gasteiger partial charge in [0.1, 0.15) is 12.3 Å². The number of halogens is 2. The van der Waals surface area contributed by atoms with E-state index in [1.165, 1.54) is 0 Å². The standard InChI is InChI=1S/C18H22F2O2S/c1-3-22-18(21)15(9-12-10-16(19)17(20)11-12)13-5-7-14(8-6-13)23-4-2/h5-9,12,16-17H,3-4,10-11H2,1-2H3. The van der Waals surface area contributed by atoms with E-state index in [1.807, 2.05) is 24.3 Å². The first-order valence-corrected chi connectivity index (χ1v) is 8.94. The third kappa shape index (κ3) is 4.80. The van der Waals surface area contributed by atoms with Crippen LogP contribution in [0.4, 0.5) is 8.78 Å². The summed E-state index contributed by atoms with van der Waals surface area (Å²) in [5.74, 6) is 0.253. The van der Waals surface area contributed by atoms with Crippen molar-refractivity contribution in [2.45, 2.75) is 43.9 Å². The maximum Gasteiger partial charge on any atom is 0.338 e. The van der Waals surface area contributed by atoms with Gasteiger partial charge < -0.3 is 4.74 Å². The normalized spacial score (nSPS) is 24.7. The lowest BCUT2D eigenvalue weighted by molar-refractivity contribution is -0.136. The fourth-order valence-electron chi connectivity index (χ4n) is 2.73. The Morgan fingerprint density at radius 3 is 2.35 bits per heavy atom. The minimum absolute atomic E-state index is 0.119. The Labute approximate surface area is 140 Å². The molecule has 0 radical (unpaired) electrons. The number of ether oxygens (including phenoxy) is 1. The Bertz CT molecular complexity index is 547. The van der Waals surface area contributed by atoms with Crippen LogP contribution >= 0.6 is 11.8 Å². The van der Waals surface area contributed by atoms with E-state index in [1.54, 1.807) is 24.8 Å². The highest BCUT2D eigenvalue weighted by Crippen LogP contribution is 2.34. The Hall–Kier alpha value is -1.36. The van der Waals surface area contributed by atoms with Crippen molar-refractivity contribution < 1.29 is 18.3 Å². The third-order valence-corrected chi connectivity index (χ3v) is 4.72. The molecule has 0 saturated heterocycles. The van der Waals surface area contributed by atoms with Crippen molar-refractivity contribution in [3.63, 3.8) is 0 Å². The maximum atomic E-state index is 13.4. The molecule has 0 heterocycles. The first kappa shape index (κ1) is 18.0. The lowest BCUT2D eigenvalue weighted by Gasteiger charge is -2.11. The zero-order chi connectivity index (χ0) is 16.8. The van der Waals surface area contributed by atoms with Crippen molar-refractivity contribution in [2.75, 3.05) is 12.4 Å². The summed E-state index contributed by atoms with van der Waals surface area (Å²) in [5.41, 5.74) is 1.12. The molecular formula is C18H22F2O2S. The molecule has 1 aromatic rings. The highest BCUT2D eigenvalue weighted by Gasteiger charge is 2.34. The van der Waals surface area contributed by atoms with Crippen LogP contribution in [-0.2, 0) is 9.53 Å². The highest BCUT2D eigenvalue weighted by molar-refractivity contribution is 7.99. The summed E-state index contributed by atoms with van der Waals surface area (Å²) in [6, 6.07) is 7.60. The number of alkyl halides is 2. The van der Waals surface area contributed by atoms with Gasteiger partial charge in [-0.2, -0.15) is 0 Å². The minimum Gasteiger partial charge on any atom is -0.462 e. The number of benzene rings is 1. The van der Waals surface area contributed by atoms with E-state index < -0.39 is 18.3 Å². The van der Waals surface area contributed by atoms with Crippen LogP contribution in [0.15, 0.2) is 35.2 Å². The summed E-state index contributed by atoms with van der Waals surface area (Å²) < 4.78 is 31.9. The van der Waals surface area contributed by atoms with Crippen LogP contribution in [0.2, 0.25) is 0 Å². The number of esters is 1. The van der Waals surface area contributed by atoms with Crippen molar-refractivity contribution >= 4 is 23.3 Å². The SMILES string of the molecule is CCOC(=O)C(=CC1CC(F)C(F)C1)c1ccc(SCC)cc1. The zero-order valence-corrected chi connectivity index (χ0v) is 14.2. The van der Waals surface area contributed by atoms with Gasteiger partial charge in [-0.3, -0.25) is 0 Å². The largest absolute Gasteiger partial charge is 0.462 e. The van der Waals surface area contributed by atoms with E-state index in [9.17, 15) is 13.6 Å². The molecule has 0 amide bonds. The molecular weight excluding hydrogens is 318 g/mol. The van der Waals surface area contributed by atoms with Crippen LogP contribution in [-0.4, -0.2) is 30.7 Å². The molecule has 0 spiro atoms. The number of rotatable bonds is 6. The predicted octanol–water partition coefficient (Wildman–Crippen LogP) is 4.83. The molecule has 1 saturated carbocycles. The maximum absolute atomic E-state index is 13.4. The van der Waals surface area contributed by atoms with Crippen molar-refractivity contribution in [3.8, 4) is 0 Å². The van der Waals surface area contributed by atoms with Gasteiger partial charge in [-0.1, -0.05) is 25.1 Å². The molecule has 1 aromatic carbocycles. The van der Waals surface area contributed by atoms with Gasteiger partial charge in [-0.05, 0) is 49.1 Å². The second kappa shape index (κ2) is 8.48. The van der Waals surface area contributed by atoms with Gasteiger partial charge >= 0.3 is 5.97 Å². The fraction of sp³-hybridized carbons (Fsp3) is 0.500. The molecule has 126 valence electrons. The number of hydrogen-bond acceptors (Lipinski definition) is 3. The molecule has 2 rings (SSSR count). The summed E-state index contributed by atoms with van der Waals surface area (Å²) in [6.45, 7) is 4.08. The smallest absolute Gasteiger partial charge is 0.338 e. The van der Waals surface area contributed by atoms with Crippen LogP contribution in [0.3, 0.4) is 0 Å². The molecule has 2 unspecified atom stereocenters. The monoisotopic (exact) mass is 340 g/mol. The molecule has 2 nitrogen and oxygen atoms in total. The van der Waals surface area contributed by atoms with Crippen LogP contribution in [0, 0.1) is 5.92 Å². The minimum atomic E-state index is -1.44. The number of thioether (sulfide) groups is 1. The molecule has 0 bridgehead atoms. The number of carbonyl (C=O) groups excluding carboxylic acids is 1. The summed E-state index contributed by atoms with van der Waals surface area (Å²) in [4.78, 5) is 13.3. The van der Waals surface area contributed by atoms with E-state index in [-0.39, 0.29) is 25.4 Å². The van der Waals surface area contributed by atoms with E-state index in [0.29, 0.717) is 5.57 Å². The number of carbonyl (C=O) groups is 1. The lowest BCUT2D eigenvalue weighted by Crippen LogP contribution is -2.08.